The maximum atomic E-state index is 11.2. The van der Waals surface area contributed by atoms with Crippen molar-refractivity contribution in [3.63, 3.8) is 0 Å². The van der Waals surface area contributed by atoms with E-state index in [1.165, 1.54) is 0 Å². The first-order chi connectivity index (χ1) is 9.86. The Morgan fingerprint density at radius 3 is 2.38 bits per heavy atom. The smallest absolute Gasteiger partial charge is 0.305 e. The van der Waals surface area contributed by atoms with Crippen molar-refractivity contribution in [2.75, 3.05) is 41.3 Å². The highest BCUT2D eigenvalue weighted by Crippen LogP contribution is 2.01. The first kappa shape index (κ1) is 19.4. The Kier molecular flexibility index (Phi) is 10.2. The minimum atomic E-state index is -0.114. The van der Waals surface area contributed by atoms with E-state index in [2.05, 4.69) is 42.2 Å². The molecule has 0 N–H and O–H groups in total. The molecule has 0 radical (unpaired) electrons. The van der Waals surface area contributed by atoms with Crippen LogP contribution in [0, 0.1) is 0 Å². The van der Waals surface area contributed by atoms with Crippen LogP contribution in [0.2, 0.25) is 0 Å². The molecular weight excluding hydrogens is 266 g/mol. The number of hydrogen-bond donors (Lipinski definition) is 0. The summed E-state index contributed by atoms with van der Waals surface area (Å²) in [4.78, 5) is 17.5. The molecule has 0 aromatic heterocycles. The molecule has 0 aromatic carbocycles. The van der Waals surface area contributed by atoms with E-state index in [4.69, 9.17) is 4.74 Å². The number of hydrogen-bond acceptors (Lipinski definition) is 5. The van der Waals surface area contributed by atoms with Crippen LogP contribution in [0.5, 0.6) is 0 Å². The Morgan fingerprint density at radius 1 is 1.14 bits per heavy atom. The molecule has 0 bridgehead atoms. The SMILES string of the molecule is CCOC(=O)CCCN(C)/C=C/C(C)N(C)/C=C/N(C)C. The van der Waals surface area contributed by atoms with Crippen molar-refractivity contribution in [2.45, 2.75) is 32.7 Å². The summed E-state index contributed by atoms with van der Waals surface area (Å²) < 4.78 is 4.91. The van der Waals surface area contributed by atoms with Crippen molar-refractivity contribution in [1.29, 1.82) is 0 Å². The van der Waals surface area contributed by atoms with E-state index < -0.39 is 0 Å². The molecule has 0 amide bonds. The number of carbonyl (C=O) groups excluding carboxylic acids is 1. The Bertz CT molecular complexity index is 340. The number of nitrogens with zero attached hydrogens (tertiary/aromatic N) is 3. The summed E-state index contributed by atoms with van der Waals surface area (Å²) in [5, 5.41) is 0. The molecule has 0 saturated carbocycles. The van der Waals surface area contributed by atoms with Gasteiger partial charge in [0, 0.05) is 59.6 Å². The third-order valence-electron chi connectivity index (χ3n) is 3.06. The van der Waals surface area contributed by atoms with Crippen LogP contribution in [0.15, 0.2) is 24.7 Å². The average molecular weight is 297 g/mol. The van der Waals surface area contributed by atoms with Crippen LogP contribution in [0.3, 0.4) is 0 Å². The number of ether oxygens (including phenoxy) is 1. The largest absolute Gasteiger partial charge is 0.466 e. The second-order valence-electron chi connectivity index (χ2n) is 5.40. The van der Waals surface area contributed by atoms with Gasteiger partial charge < -0.3 is 19.4 Å². The van der Waals surface area contributed by atoms with Gasteiger partial charge in [-0.2, -0.15) is 0 Å². The zero-order valence-corrected chi connectivity index (χ0v) is 14.4. The maximum Gasteiger partial charge on any atom is 0.305 e. The lowest BCUT2D eigenvalue weighted by atomic mass is 10.3. The quantitative estimate of drug-likeness (QED) is 0.577. The van der Waals surface area contributed by atoms with Gasteiger partial charge in [-0.1, -0.05) is 0 Å². The topological polar surface area (TPSA) is 36.0 Å². The van der Waals surface area contributed by atoms with Crippen LogP contribution >= 0.6 is 0 Å². The van der Waals surface area contributed by atoms with E-state index in [0.717, 1.165) is 13.0 Å². The summed E-state index contributed by atoms with van der Waals surface area (Å²) in [6, 6.07) is 0.314. The molecule has 0 fully saturated rings. The van der Waals surface area contributed by atoms with Gasteiger partial charge in [0.15, 0.2) is 0 Å². The van der Waals surface area contributed by atoms with Gasteiger partial charge in [0.1, 0.15) is 0 Å². The first-order valence-corrected chi connectivity index (χ1v) is 7.47. The Hall–Kier alpha value is -1.65. The van der Waals surface area contributed by atoms with Crippen molar-refractivity contribution in [3.05, 3.63) is 24.7 Å². The van der Waals surface area contributed by atoms with E-state index >= 15 is 0 Å². The zero-order chi connectivity index (χ0) is 16.3. The summed E-state index contributed by atoms with van der Waals surface area (Å²) in [6.07, 6.45) is 9.57. The second-order valence-corrected chi connectivity index (χ2v) is 5.40. The second kappa shape index (κ2) is 11.1. The van der Waals surface area contributed by atoms with Crippen LogP contribution in [0.25, 0.3) is 0 Å². The van der Waals surface area contributed by atoms with Gasteiger partial charge in [-0.05, 0) is 32.5 Å². The molecule has 0 rings (SSSR count). The summed E-state index contributed by atoms with van der Waals surface area (Å²) in [7, 11) is 8.07. The predicted molar refractivity (Wildman–Crippen MR) is 87.7 cm³/mol. The third kappa shape index (κ3) is 10.8. The van der Waals surface area contributed by atoms with E-state index in [1.807, 2.05) is 39.2 Å². The molecule has 5 nitrogen and oxygen atoms in total. The molecule has 1 atom stereocenters. The molecule has 0 saturated heterocycles. The lowest BCUT2D eigenvalue weighted by molar-refractivity contribution is -0.143. The van der Waals surface area contributed by atoms with Gasteiger partial charge in [0.25, 0.3) is 0 Å². The van der Waals surface area contributed by atoms with Gasteiger partial charge in [-0.25, -0.2) is 0 Å². The standard InChI is InChI=1S/C16H31N3O2/c1-7-21-16(20)9-8-11-18(5)12-10-15(2)19(6)14-13-17(3)4/h10,12-15H,7-9,11H2,1-6H3/b12-10+,14-13+. The highest BCUT2D eigenvalue weighted by Gasteiger charge is 2.03. The molecular formula is C16H31N3O2. The van der Waals surface area contributed by atoms with Gasteiger partial charge in [0.2, 0.25) is 0 Å². The Labute approximate surface area is 129 Å². The van der Waals surface area contributed by atoms with E-state index in [-0.39, 0.29) is 5.97 Å². The lowest BCUT2D eigenvalue weighted by Crippen LogP contribution is -2.23. The highest BCUT2D eigenvalue weighted by atomic mass is 16.5. The van der Waals surface area contributed by atoms with Crippen LogP contribution in [0.4, 0.5) is 0 Å². The van der Waals surface area contributed by atoms with Gasteiger partial charge >= 0.3 is 5.97 Å². The van der Waals surface area contributed by atoms with Crippen molar-refractivity contribution >= 4 is 5.97 Å². The van der Waals surface area contributed by atoms with Gasteiger partial charge in [-0.3, -0.25) is 4.79 Å². The summed E-state index contributed by atoms with van der Waals surface area (Å²) >= 11 is 0. The monoisotopic (exact) mass is 297 g/mol. The number of likely N-dealkylation sites (N-methyl/N-ethyl adjacent to an activating group) is 1. The molecule has 0 aliphatic rings. The normalized spacial score (nSPS) is 12.7. The molecule has 1 unspecified atom stereocenters. The van der Waals surface area contributed by atoms with Gasteiger partial charge in [-0.15, -0.1) is 0 Å². The average Bonchev–Trinajstić information content (AvgIpc) is 2.42. The minimum Gasteiger partial charge on any atom is -0.466 e. The molecule has 0 aliphatic heterocycles. The lowest BCUT2D eigenvalue weighted by Gasteiger charge is -2.22. The van der Waals surface area contributed by atoms with Crippen LogP contribution < -0.4 is 0 Å². The Balaban J connectivity index is 4.02. The summed E-state index contributed by atoms with van der Waals surface area (Å²) in [5.74, 6) is -0.114. The fraction of sp³-hybridized carbons (Fsp3) is 0.688. The predicted octanol–water partition coefficient (Wildman–Crippen LogP) is 2.13. The van der Waals surface area contributed by atoms with E-state index in [1.54, 1.807) is 0 Å². The van der Waals surface area contributed by atoms with Crippen molar-refractivity contribution in [3.8, 4) is 0 Å². The Morgan fingerprint density at radius 2 is 1.81 bits per heavy atom. The van der Waals surface area contributed by atoms with Crippen LogP contribution in [-0.2, 0) is 9.53 Å². The summed E-state index contributed by atoms with van der Waals surface area (Å²) in [6.45, 7) is 5.27. The zero-order valence-electron chi connectivity index (χ0n) is 14.4. The molecule has 0 spiro atoms. The van der Waals surface area contributed by atoms with E-state index in [0.29, 0.717) is 19.1 Å². The molecule has 21 heavy (non-hydrogen) atoms. The van der Waals surface area contributed by atoms with Crippen molar-refractivity contribution in [2.24, 2.45) is 0 Å². The first-order valence-electron chi connectivity index (χ1n) is 7.47. The summed E-state index contributed by atoms with van der Waals surface area (Å²) in [5.41, 5.74) is 0. The maximum absolute atomic E-state index is 11.2. The highest BCUT2D eigenvalue weighted by molar-refractivity contribution is 5.69. The third-order valence-corrected chi connectivity index (χ3v) is 3.06. The molecule has 0 aromatic rings. The fourth-order valence-corrected chi connectivity index (χ4v) is 1.56. The number of rotatable bonds is 10. The molecule has 5 heteroatoms. The number of esters is 1. The van der Waals surface area contributed by atoms with Crippen molar-refractivity contribution < 1.29 is 9.53 Å². The molecule has 122 valence electrons. The number of carbonyl (C=O) groups is 1. The van der Waals surface area contributed by atoms with E-state index in [9.17, 15) is 4.79 Å². The van der Waals surface area contributed by atoms with Crippen molar-refractivity contribution in [1.82, 2.24) is 14.7 Å². The van der Waals surface area contributed by atoms with Crippen LogP contribution in [-0.4, -0.2) is 68.1 Å². The molecule has 0 heterocycles. The minimum absolute atomic E-state index is 0.114. The fourth-order valence-electron chi connectivity index (χ4n) is 1.56. The van der Waals surface area contributed by atoms with Gasteiger partial charge in [0.05, 0.1) is 6.61 Å². The van der Waals surface area contributed by atoms with Crippen LogP contribution in [0.1, 0.15) is 26.7 Å². The molecule has 0 aliphatic carbocycles.